The predicted molar refractivity (Wildman–Crippen MR) is 59.7 cm³/mol. The lowest BCUT2D eigenvalue weighted by Crippen LogP contribution is -2.10. The predicted octanol–water partition coefficient (Wildman–Crippen LogP) is 2.53. The number of carboxylic acid groups (broad SMARTS) is 1. The zero-order chi connectivity index (χ0) is 11.6. The Hall–Kier alpha value is -1.36. The first-order valence-corrected chi connectivity index (χ1v) is 5.43. The minimum Gasteiger partial charge on any atom is -0.478 e. The molecular weight excluding hydrogens is 214 g/mol. The monoisotopic (exact) mass is 227 g/mol. The molecule has 0 bridgehead atoms. The molecule has 82 valence electrons. The first kappa shape index (κ1) is 11.7. The molecule has 1 heterocycles. The van der Waals surface area contributed by atoms with Gasteiger partial charge in [0.2, 0.25) is 5.91 Å². The number of amides is 1. The SMILES string of the molecule is CC(=O)Nc1scc(C(C)C)c1C(=O)O. The van der Waals surface area contributed by atoms with Crippen LogP contribution in [-0.4, -0.2) is 17.0 Å². The molecule has 0 aliphatic carbocycles. The summed E-state index contributed by atoms with van der Waals surface area (Å²) in [7, 11) is 0. The average molecular weight is 227 g/mol. The van der Waals surface area contributed by atoms with Crippen LogP contribution in [-0.2, 0) is 4.79 Å². The average Bonchev–Trinajstić information content (AvgIpc) is 2.46. The molecule has 1 amide bonds. The number of hydrogen-bond donors (Lipinski definition) is 2. The van der Waals surface area contributed by atoms with Crippen LogP contribution in [0.5, 0.6) is 0 Å². The second-order valence-electron chi connectivity index (χ2n) is 3.54. The van der Waals surface area contributed by atoms with Gasteiger partial charge in [0.05, 0.1) is 5.56 Å². The van der Waals surface area contributed by atoms with E-state index in [-0.39, 0.29) is 17.4 Å². The van der Waals surface area contributed by atoms with Crippen molar-refractivity contribution in [2.75, 3.05) is 5.32 Å². The van der Waals surface area contributed by atoms with Crippen molar-refractivity contribution in [3.8, 4) is 0 Å². The second-order valence-corrected chi connectivity index (χ2v) is 4.42. The summed E-state index contributed by atoms with van der Waals surface area (Å²) in [4.78, 5) is 21.9. The van der Waals surface area contributed by atoms with Crippen molar-refractivity contribution in [3.05, 3.63) is 16.5 Å². The number of nitrogens with one attached hydrogen (secondary N) is 1. The molecule has 2 N–H and O–H groups in total. The normalized spacial score (nSPS) is 10.4. The number of carbonyl (C=O) groups excluding carboxylic acids is 1. The molecule has 0 aliphatic rings. The van der Waals surface area contributed by atoms with Gasteiger partial charge in [-0.25, -0.2) is 4.79 Å². The topological polar surface area (TPSA) is 66.4 Å². The molecule has 0 saturated heterocycles. The summed E-state index contributed by atoms with van der Waals surface area (Å²) >= 11 is 1.25. The van der Waals surface area contributed by atoms with Crippen molar-refractivity contribution >= 4 is 28.2 Å². The van der Waals surface area contributed by atoms with Gasteiger partial charge in [0, 0.05) is 6.92 Å². The largest absolute Gasteiger partial charge is 0.478 e. The molecule has 1 aromatic heterocycles. The molecule has 4 nitrogen and oxygen atoms in total. The van der Waals surface area contributed by atoms with Crippen LogP contribution in [0.3, 0.4) is 0 Å². The van der Waals surface area contributed by atoms with E-state index in [1.54, 1.807) is 5.38 Å². The quantitative estimate of drug-likeness (QED) is 0.833. The molecule has 0 fully saturated rings. The fourth-order valence-corrected chi connectivity index (χ4v) is 2.43. The number of rotatable bonds is 3. The molecule has 0 saturated carbocycles. The van der Waals surface area contributed by atoms with Gasteiger partial charge in [-0.1, -0.05) is 13.8 Å². The summed E-state index contributed by atoms with van der Waals surface area (Å²) in [6.07, 6.45) is 0. The van der Waals surface area contributed by atoms with Gasteiger partial charge in [0.25, 0.3) is 0 Å². The standard InChI is InChI=1S/C10H13NO3S/c1-5(2)7-4-15-9(11-6(3)12)8(7)10(13)14/h4-5H,1-3H3,(H,11,12)(H,13,14). The molecule has 0 atom stereocenters. The molecule has 0 radical (unpaired) electrons. The summed E-state index contributed by atoms with van der Waals surface area (Å²) in [6.45, 7) is 5.21. The van der Waals surface area contributed by atoms with Gasteiger partial charge in [-0.05, 0) is 16.9 Å². The van der Waals surface area contributed by atoms with E-state index in [1.807, 2.05) is 13.8 Å². The van der Waals surface area contributed by atoms with Gasteiger partial charge in [-0.15, -0.1) is 11.3 Å². The van der Waals surface area contributed by atoms with E-state index in [2.05, 4.69) is 5.32 Å². The molecule has 0 aromatic carbocycles. The second kappa shape index (κ2) is 4.44. The Kier molecular flexibility index (Phi) is 3.47. The lowest BCUT2D eigenvalue weighted by atomic mass is 10.0. The molecule has 0 aliphatic heterocycles. The number of thiophene rings is 1. The van der Waals surface area contributed by atoms with Gasteiger partial charge >= 0.3 is 5.97 Å². The Morgan fingerprint density at radius 1 is 1.47 bits per heavy atom. The van der Waals surface area contributed by atoms with E-state index >= 15 is 0 Å². The third kappa shape index (κ3) is 2.56. The lowest BCUT2D eigenvalue weighted by Gasteiger charge is -2.05. The van der Waals surface area contributed by atoms with Crippen molar-refractivity contribution in [1.29, 1.82) is 0 Å². The molecule has 1 rings (SSSR count). The molecule has 0 unspecified atom stereocenters. The summed E-state index contributed by atoms with van der Waals surface area (Å²) in [6, 6.07) is 0. The van der Waals surface area contributed by atoms with E-state index < -0.39 is 5.97 Å². The number of anilines is 1. The summed E-state index contributed by atoms with van der Waals surface area (Å²) < 4.78 is 0. The fraction of sp³-hybridized carbons (Fsp3) is 0.400. The Balaban J connectivity index is 3.18. The maximum Gasteiger partial charge on any atom is 0.339 e. The van der Waals surface area contributed by atoms with Crippen LogP contribution in [0.25, 0.3) is 0 Å². The highest BCUT2D eigenvalue weighted by atomic mass is 32.1. The lowest BCUT2D eigenvalue weighted by molar-refractivity contribution is -0.114. The molecular formula is C10H13NO3S. The molecule has 5 heteroatoms. The Bertz CT molecular complexity index is 395. The fourth-order valence-electron chi connectivity index (χ4n) is 1.27. The van der Waals surface area contributed by atoms with Crippen LogP contribution in [0.2, 0.25) is 0 Å². The Morgan fingerprint density at radius 2 is 2.07 bits per heavy atom. The van der Waals surface area contributed by atoms with Crippen molar-refractivity contribution in [3.63, 3.8) is 0 Å². The van der Waals surface area contributed by atoms with Crippen LogP contribution < -0.4 is 5.32 Å². The van der Waals surface area contributed by atoms with Crippen molar-refractivity contribution in [2.45, 2.75) is 26.7 Å². The number of carbonyl (C=O) groups is 2. The first-order valence-electron chi connectivity index (χ1n) is 4.55. The van der Waals surface area contributed by atoms with Crippen molar-refractivity contribution in [2.24, 2.45) is 0 Å². The number of aromatic carboxylic acids is 1. The highest BCUT2D eigenvalue weighted by Gasteiger charge is 2.20. The Labute approximate surface area is 91.9 Å². The van der Waals surface area contributed by atoms with E-state index in [9.17, 15) is 9.59 Å². The van der Waals surface area contributed by atoms with Crippen LogP contribution in [0, 0.1) is 0 Å². The highest BCUT2D eigenvalue weighted by Crippen LogP contribution is 2.32. The zero-order valence-electron chi connectivity index (χ0n) is 8.83. The molecule has 0 spiro atoms. The third-order valence-corrected chi connectivity index (χ3v) is 2.86. The summed E-state index contributed by atoms with van der Waals surface area (Å²) in [5.41, 5.74) is 0.974. The Morgan fingerprint density at radius 3 is 2.47 bits per heavy atom. The molecule has 1 aromatic rings. The minimum atomic E-state index is -0.997. The van der Waals surface area contributed by atoms with Crippen LogP contribution in [0.1, 0.15) is 42.6 Å². The van der Waals surface area contributed by atoms with Crippen LogP contribution in [0.15, 0.2) is 5.38 Å². The van der Waals surface area contributed by atoms with Gasteiger partial charge in [0.15, 0.2) is 0 Å². The van der Waals surface area contributed by atoms with Crippen molar-refractivity contribution in [1.82, 2.24) is 0 Å². The third-order valence-electron chi connectivity index (χ3n) is 1.94. The summed E-state index contributed by atoms with van der Waals surface area (Å²) in [5, 5.41) is 13.8. The smallest absolute Gasteiger partial charge is 0.339 e. The maximum atomic E-state index is 11.0. The van der Waals surface area contributed by atoms with Gasteiger partial charge in [0.1, 0.15) is 5.00 Å². The van der Waals surface area contributed by atoms with Gasteiger partial charge < -0.3 is 10.4 Å². The molecule has 15 heavy (non-hydrogen) atoms. The minimum absolute atomic E-state index is 0.134. The maximum absolute atomic E-state index is 11.0. The highest BCUT2D eigenvalue weighted by molar-refractivity contribution is 7.15. The number of carboxylic acids is 1. The van der Waals surface area contributed by atoms with Crippen LogP contribution >= 0.6 is 11.3 Å². The van der Waals surface area contributed by atoms with E-state index in [0.717, 1.165) is 5.56 Å². The van der Waals surface area contributed by atoms with Crippen LogP contribution in [0.4, 0.5) is 5.00 Å². The van der Waals surface area contributed by atoms with Gasteiger partial charge in [-0.3, -0.25) is 4.79 Å². The van der Waals surface area contributed by atoms with E-state index in [0.29, 0.717) is 5.00 Å². The summed E-state index contributed by atoms with van der Waals surface area (Å²) in [5.74, 6) is -1.12. The first-order chi connectivity index (χ1) is 6.93. The van der Waals surface area contributed by atoms with Crippen molar-refractivity contribution < 1.29 is 14.7 Å². The zero-order valence-corrected chi connectivity index (χ0v) is 9.64. The van der Waals surface area contributed by atoms with Gasteiger partial charge in [-0.2, -0.15) is 0 Å². The van der Waals surface area contributed by atoms with E-state index in [1.165, 1.54) is 18.3 Å². The van der Waals surface area contributed by atoms with E-state index in [4.69, 9.17) is 5.11 Å². The number of hydrogen-bond acceptors (Lipinski definition) is 3.